The van der Waals surface area contributed by atoms with Crippen molar-refractivity contribution in [2.24, 2.45) is 0 Å². The zero-order chi connectivity index (χ0) is 24.2. The minimum absolute atomic E-state index is 0.137. The molecule has 0 radical (unpaired) electrons. The molecule has 0 spiro atoms. The predicted octanol–water partition coefficient (Wildman–Crippen LogP) is 4.73. The van der Waals surface area contributed by atoms with Crippen LogP contribution in [-0.2, 0) is 18.0 Å². The van der Waals surface area contributed by atoms with E-state index in [1.165, 1.54) is 0 Å². The van der Waals surface area contributed by atoms with Crippen LogP contribution in [0.25, 0.3) is 22.3 Å². The molecule has 180 valence electrons. The van der Waals surface area contributed by atoms with Crippen molar-refractivity contribution in [3.05, 3.63) is 64.2 Å². The molecular weight excluding hydrogens is 432 g/mol. The van der Waals surface area contributed by atoms with Crippen molar-refractivity contribution in [3.63, 3.8) is 0 Å². The summed E-state index contributed by atoms with van der Waals surface area (Å²) in [7, 11) is 1.65. The van der Waals surface area contributed by atoms with Gasteiger partial charge in [-0.25, -0.2) is 0 Å². The second kappa shape index (κ2) is 10.5. The van der Waals surface area contributed by atoms with E-state index in [2.05, 4.69) is 24.3 Å². The fourth-order valence-electron chi connectivity index (χ4n) is 4.57. The van der Waals surface area contributed by atoms with Crippen LogP contribution in [0, 0.1) is 20.8 Å². The molecular formula is C28H32O6. The Morgan fingerprint density at radius 2 is 1.06 bits per heavy atom. The average molecular weight is 465 g/mol. The molecule has 1 heterocycles. The quantitative estimate of drug-likeness (QED) is 0.584. The Kier molecular flexibility index (Phi) is 7.41. The van der Waals surface area contributed by atoms with Crippen LogP contribution < -0.4 is 14.2 Å². The predicted molar refractivity (Wildman–Crippen MR) is 132 cm³/mol. The Morgan fingerprint density at radius 3 is 1.47 bits per heavy atom. The topological polar surface area (TPSA) is 77.4 Å². The van der Waals surface area contributed by atoms with Crippen molar-refractivity contribution in [2.45, 2.75) is 34.0 Å². The summed E-state index contributed by atoms with van der Waals surface area (Å²) in [6.07, 6.45) is 0. The lowest BCUT2D eigenvalue weighted by molar-refractivity contribution is 0.0755. The molecule has 3 aromatic rings. The number of benzene rings is 3. The highest BCUT2D eigenvalue weighted by atomic mass is 16.5. The summed E-state index contributed by atoms with van der Waals surface area (Å²) in [6.45, 7) is 7.19. The number of rotatable bonds is 3. The van der Waals surface area contributed by atoms with Crippen LogP contribution in [0.4, 0.5) is 0 Å². The Hall–Kier alpha value is -3.06. The third kappa shape index (κ3) is 4.75. The van der Waals surface area contributed by atoms with Gasteiger partial charge in [0.1, 0.15) is 30.5 Å². The van der Waals surface area contributed by atoms with Gasteiger partial charge in [0.25, 0.3) is 0 Å². The Morgan fingerprint density at radius 1 is 0.647 bits per heavy atom. The molecule has 0 saturated carbocycles. The normalized spacial score (nSPS) is 13.7. The molecule has 6 heteroatoms. The van der Waals surface area contributed by atoms with Gasteiger partial charge in [-0.1, -0.05) is 12.1 Å². The zero-order valence-electron chi connectivity index (χ0n) is 20.2. The van der Waals surface area contributed by atoms with Crippen LogP contribution >= 0.6 is 0 Å². The molecule has 0 aromatic heterocycles. The van der Waals surface area contributed by atoms with E-state index in [1.807, 2.05) is 32.9 Å². The molecule has 3 aromatic carbocycles. The van der Waals surface area contributed by atoms with E-state index in [-0.39, 0.29) is 13.2 Å². The van der Waals surface area contributed by atoms with Crippen molar-refractivity contribution < 1.29 is 29.2 Å². The summed E-state index contributed by atoms with van der Waals surface area (Å²) < 4.78 is 24.0. The average Bonchev–Trinajstić information content (AvgIpc) is 2.82. The van der Waals surface area contributed by atoms with Gasteiger partial charge in [-0.15, -0.1) is 0 Å². The van der Waals surface area contributed by atoms with Crippen molar-refractivity contribution in [2.75, 3.05) is 33.5 Å². The summed E-state index contributed by atoms with van der Waals surface area (Å²) in [5, 5.41) is 20.2. The largest absolute Gasteiger partial charge is 0.495 e. The molecule has 1 aliphatic heterocycles. The Bertz CT molecular complexity index is 1100. The smallest absolute Gasteiger partial charge is 0.134 e. The number of fused-ring (bicyclic) bond motifs is 6. The van der Waals surface area contributed by atoms with Crippen LogP contribution in [0.15, 0.2) is 36.4 Å². The first-order chi connectivity index (χ1) is 16.5. The van der Waals surface area contributed by atoms with Gasteiger partial charge < -0.3 is 29.2 Å². The molecule has 34 heavy (non-hydrogen) atoms. The maximum Gasteiger partial charge on any atom is 0.134 e. The first-order valence-electron chi connectivity index (χ1n) is 11.5. The lowest BCUT2D eigenvalue weighted by atomic mass is 9.90. The highest BCUT2D eigenvalue weighted by Gasteiger charge is 2.23. The zero-order valence-corrected chi connectivity index (χ0v) is 20.2. The van der Waals surface area contributed by atoms with Gasteiger partial charge in [0.05, 0.1) is 33.5 Å². The monoisotopic (exact) mass is 464 g/mol. The number of aliphatic hydroxyl groups is 2. The maximum absolute atomic E-state index is 10.1. The van der Waals surface area contributed by atoms with E-state index >= 15 is 0 Å². The van der Waals surface area contributed by atoms with Crippen molar-refractivity contribution >= 4 is 0 Å². The van der Waals surface area contributed by atoms with Gasteiger partial charge >= 0.3 is 0 Å². The summed E-state index contributed by atoms with van der Waals surface area (Å²) >= 11 is 0. The molecule has 2 N–H and O–H groups in total. The number of hydrogen-bond acceptors (Lipinski definition) is 6. The number of ether oxygens (including phenoxy) is 4. The molecule has 0 aliphatic carbocycles. The van der Waals surface area contributed by atoms with Crippen LogP contribution in [0.5, 0.6) is 17.2 Å². The lowest BCUT2D eigenvalue weighted by Gasteiger charge is -2.23. The van der Waals surface area contributed by atoms with E-state index in [4.69, 9.17) is 18.9 Å². The van der Waals surface area contributed by atoms with Gasteiger partial charge in [0, 0.05) is 33.4 Å². The second-order valence-electron chi connectivity index (χ2n) is 8.62. The molecule has 2 bridgehead atoms. The van der Waals surface area contributed by atoms with Crippen molar-refractivity contribution in [3.8, 4) is 39.5 Å². The van der Waals surface area contributed by atoms with Crippen molar-refractivity contribution in [1.29, 1.82) is 0 Å². The summed E-state index contributed by atoms with van der Waals surface area (Å²) in [5.41, 5.74) is 7.91. The van der Waals surface area contributed by atoms with E-state index in [9.17, 15) is 10.2 Å². The fraction of sp³-hybridized carbons (Fsp3) is 0.357. The second-order valence-corrected chi connectivity index (χ2v) is 8.62. The van der Waals surface area contributed by atoms with Gasteiger partial charge in [0.2, 0.25) is 0 Å². The summed E-state index contributed by atoms with van der Waals surface area (Å²) in [5.74, 6) is 1.93. The Labute approximate surface area is 200 Å². The molecule has 0 unspecified atom stereocenters. The molecule has 0 saturated heterocycles. The third-order valence-electron chi connectivity index (χ3n) is 5.93. The number of methoxy groups -OCH3 is 1. The van der Waals surface area contributed by atoms with E-state index in [1.54, 1.807) is 7.11 Å². The maximum atomic E-state index is 10.1. The van der Waals surface area contributed by atoms with Gasteiger partial charge in [-0.3, -0.25) is 0 Å². The lowest BCUT2D eigenvalue weighted by Crippen LogP contribution is -2.14. The van der Waals surface area contributed by atoms with E-state index in [0.29, 0.717) is 54.8 Å². The minimum Gasteiger partial charge on any atom is -0.495 e. The highest BCUT2D eigenvalue weighted by Crippen LogP contribution is 2.47. The number of hydrogen-bond donors (Lipinski definition) is 2. The standard InChI is InChI=1S/C28H32O6/c1-17-9-20(15-29)26-22(11-17)24-13-19(3)14-25(28(24)31-4)23-12-18(2)10-21(16-30)27(23)34-8-6-32-5-7-33-26/h9-14,29-30H,5-8,15-16H2,1-4H3. The van der Waals surface area contributed by atoms with Crippen LogP contribution in [0.2, 0.25) is 0 Å². The van der Waals surface area contributed by atoms with Gasteiger partial charge in [-0.05, 0) is 61.7 Å². The van der Waals surface area contributed by atoms with E-state index in [0.717, 1.165) is 38.9 Å². The Balaban J connectivity index is 2.08. The minimum atomic E-state index is -0.137. The first-order valence-corrected chi connectivity index (χ1v) is 11.5. The van der Waals surface area contributed by atoms with Crippen molar-refractivity contribution in [1.82, 2.24) is 0 Å². The number of aryl methyl sites for hydroxylation is 3. The molecule has 4 rings (SSSR count). The van der Waals surface area contributed by atoms with Crippen LogP contribution in [0.1, 0.15) is 27.8 Å². The molecule has 6 nitrogen and oxygen atoms in total. The molecule has 0 fully saturated rings. The number of aliphatic hydroxyl groups excluding tert-OH is 2. The molecule has 0 atom stereocenters. The molecule has 0 amide bonds. The third-order valence-corrected chi connectivity index (χ3v) is 5.93. The van der Waals surface area contributed by atoms with Gasteiger partial charge in [-0.2, -0.15) is 0 Å². The van der Waals surface area contributed by atoms with Crippen LogP contribution in [-0.4, -0.2) is 43.8 Å². The van der Waals surface area contributed by atoms with E-state index < -0.39 is 0 Å². The first kappa shape index (κ1) is 24.1. The summed E-state index contributed by atoms with van der Waals surface area (Å²) in [4.78, 5) is 0. The fourth-order valence-corrected chi connectivity index (χ4v) is 4.57. The highest BCUT2D eigenvalue weighted by molar-refractivity contribution is 5.88. The van der Waals surface area contributed by atoms with Gasteiger partial charge in [0.15, 0.2) is 0 Å². The SMILES string of the molecule is COc1c2cc(C)cc1-c1cc(C)cc(CO)c1OCCOCCOc1c(CO)cc(C)cc1-2. The molecule has 1 aliphatic rings. The van der Waals surface area contributed by atoms with Crippen LogP contribution in [0.3, 0.4) is 0 Å². The summed E-state index contributed by atoms with van der Waals surface area (Å²) in [6, 6.07) is 12.1.